The predicted octanol–water partition coefficient (Wildman–Crippen LogP) is 2.89. The third-order valence-electron chi connectivity index (χ3n) is 6.56. The Hall–Kier alpha value is -2.51. The van der Waals surface area contributed by atoms with E-state index in [0.29, 0.717) is 18.8 Å². The topological polar surface area (TPSA) is 59.9 Å². The number of carbonyl (C=O) groups is 1. The van der Waals surface area contributed by atoms with Crippen LogP contribution in [0.5, 0.6) is 0 Å². The maximum Gasteiger partial charge on any atom is 0.272 e. The van der Waals surface area contributed by atoms with Crippen LogP contribution in [-0.4, -0.2) is 82.1 Å². The maximum atomic E-state index is 13.1. The molecule has 1 N–H and O–H groups in total. The van der Waals surface area contributed by atoms with Crippen LogP contribution in [0.3, 0.4) is 0 Å². The number of β-amino-alcohol motifs (C(OH)–C–C–N with tert-alkyl or cyclic N) is 1. The number of fused-ring (bicyclic) bond motifs is 1. The maximum absolute atomic E-state index is 13.1. The van der Waals surface area contributed by atoms with Crippen LogP contribution in [-0.2, 0) is 6.54 Å². The number of pyridine rings is 1. The largest absolute Gasteiger partial charge is 0.390 e. The SMILES string of the molecule is O=C(c1ccc2ccccc2n1)N1CC(O)C(N2CCN(Cc3ccc(Cl)cc3)CC2)C1. The molecule has 2 unspecified atom stereocenters. The van der Waals surface area contributed by atoms with Crippen LogP contribution in [0.2, 0.25) is 5.02 Å². The van der Waals surface area contributed by atoms with Gasteiger partial charge in [0.15, 0.2) is 0 Å². The van der Waals surface area contributed by atoms with Gasteiger partial charge in [0, 0.05) is 56.2 Å². The number of aromatic nitrogens is 1. The van der Waals surface area contributed by atoms with Crippen molar-refractivity contribution in [2.75, 3.05) is 39.3 Å². The van der Waals surface area contributed by atoms with Gasteiger partial charge < -0.3 is 10.0 Å². The van der Waals surface area contributed by atoms with E-state index in [-0.39, 0.29) is 11.9 Å². The van der Waals surface area contributed by atoms with Gasteiger partial charge >= 0.3 is 0 Å². The minimum absolute atomic E-state index is 0.0305. The second kappa shape index (κ2) is 9.16. The molecule has 32 heavy (non-hydrogen) atoms. The monoisotopic (exact) mass is 450 g/mol. The van der Waals surface area contributed by atoms with E-state index in [4.69, 9.17) is 11.6 Å². The van der Waals surface area contributed by atoms with Crippen LogP contribution < -0.4 is 0 Å². The third-order valence-corrected chi connectivity index (χ3v) is 6.81. The summed E-state index contributed by atoms with van der Waals surface area (Å²) in [7, 11) is 0. The fourth-order valence-electron chi connectivity index (χ4n) is 4.74. The second-order valence-corrected chi connectivity index (χ2v) is 9.11. The Morgan fingerprint density at radius 1 is 0.969 bits per heavy atom. The highest BCUT2D eigenvalue weighted by atomic mass is 35.5. The van der Waals surface area contributed by atoms with E-state index in [0.717, 1.165) is 48.6 Å². The minimum atomic E-state index is -0.540. The van der Waals surface area contributed by atoms with E-state index in [1.165, 1.54) is 5.56 Å². The number of piperazine rings is 1. The summed E-state index contributed by atoms with van der Waals surface area (Å²) in [6.45, 7) is 5.42. The first-order valence-corrected chi connectivity index (χ1v) is 11.5. The normalized spacial score (nSPS) is 22.5. The smallest absolute Gasteiger partial charge is 0.272 e. The lowest BCUT2D eigenvalue weighted by atomic mass is 10.1. The Morgan fingerprint density at radius 2 is 1.72 bits per heavy atom. The lowest BCUT2D eigenvalue weighted by Gasteiger charge is -2.38. The summed E-state index contributed by atoms with van der Waals surface area (Å²) < 4.78 is 0. The number of hydrogen-bond acceptors (Lipinski definition) is 5. The molecule has 0 saturated carbocycles. The Bertz CT molecular complexity index is 1100. The summed E-state index contributed by atoms with van der Waals surface area (Å²) >= 11 is 5.98. The average molecular weight is 451 g/mol. The van der Waals surface area contributed by atoms with E-state index >= 15 is 0 Å². The van der Waals surface area contributed by atoms with E-state index in [1.54, 1.807) is 11.0 Å². The van der Waals surface area contributed by atoms with Crippen molar-refractivity contribution in [3.05, 3.63) is 76.9 Å². The highest BCUT2D eigenvalue weighted by molar-refractivity contribution is 6.30. The summed E-state index contributed by atoms with van der Waals surface area (Å²) in [5.74, 6) is -0.112. The Labute approximate surface area is 193 Å². The van der Waals surface area contributed by atoms with Crippen molar-refractivity contribution < 1.29 is 9.90 Å². The summed E-state index contributed by atoms with van der Waals surface area (Å²) in [5, 5.41) is 12.5. The van der Waals surface area contributed by atoms with Crippen LogP contribution in [0, 0.1) is 0 Å². The molecular weight excluding hydrogens is 424 g/mol. The first-order chi connectivity index (χ1) is 15.6. The highest BCUT2D eigenvalue weighted by Gasteiger charge is 2.39. The van der Waals surface area contributed by atoms with Crippen molar-refractivity contribution in [1.29, 1.82) is 0 Å². The van der Waals surface area contributed by atoms with Crippen molar-refractivity contribution in [3.63, 3.8) is 0 Å². The number of hydrogen-bond donors (Lipinski definition) is 1. The quantitative estimate of drug-likeness (QED) is 0.662. The number of para-hydroxylation sites is 1. The van der Waals surface area contributed by atoms with Gasteiger partial charge in [-0.3, -0.25) is 14.6 Å². The van der Waals surface area contributed by atoms with E-state index < -0.39 is 6.10 Å². The summed E-state index contributed by atoms with van der Waals surface area (Å²) in [6.07, 6.45) is -0.540. The van der Waals surface area contributed by atoms with Crippen LogP contribution >= 0.6 is 11.6 Å². The van der Waals surface area contributed by atoms with Gasteiger partial charge in [0.25, 0.3) is 5.91 Å². The molecule has 2 aliphatic rings. The fraction of sp³-hybridized carbons (Fsp3) is 0.360. The molecule has 7 heteroatoms. The van der Waals surface area contributed by atoms with Crippen molar-refractivity contribution in [2.45, 2.75) is 18.7 Å². The molecule has 0 bridgehead atoms. The molecular formula is C25H27ClN4O2. The average Bonchev–Trinajstić information content (AvgIpc) is 3.22. The van der Waals surface area contributed by atoms with Gasteiger partial charge in [-0.25, -0.2) is 4.98 Å². The van der Waals surface area contributed by atoms with Gasteiger partial charge in [0.2, 0.25) is 0 Å². The predicted molar refractivity (Wildman–Crippen MR) is 126 cm³/mol. The minimum Gasteiger partial charge on any atom is -0.390 e. The van der Waals surface area contributed by atoms with E-state index in [9.17, 15) is 9.90 Å². The van der Waals surface area contributed by atoms with Crippen molar-refractivity contribution in [1.82, 2.24) is 19.7 Å². The zero-order valence-electron chi connectivity index (χ0n) is 17.9. The van der Waals surface area contributed by atoms with Crippen molar-refractivity contribution in [3.8, 4) is 0 Å². The van der Waals surface area contributed by atoms with Gasteiger partial charge in [-0.2, -0.15) is 0 Å². The Morgan fingerprint density at radius 3 is 2.50 bits per heavy atom. The molecule has 6 nitrogen and oxygen atoms in total. The molecule has 3 aromatic rings. The second-order valence-electron chi connectivity index (χ2n) is 8.67. The molecule has 2 aromatic carbocycles. The van der Waals surface area contributed by atoms with Crippen LogP contribution in [0.4, 0.5) is 0 Å². The fourth-order valence-corrected chi connectivity index (χ4v) is 4.87. The summed E-state index contributed by atoms with van der Waals surface area (Å²) in [4.78, 5) is 24.1. The van der Waals surface area contributed by atoms with Crippen LogP contribution in [0.25, 0.3) is 10.9 Å². The van der Waals surface area contributed by atoms with E-state index in [2.05, 4.69) is 26.9 Å². The molecule has 166 valence electrons. The number of nitrogens with zero attached hydrogens (tertiary/aromatic N) is 4. The molecule has 0 radical (unpaired) electrons. The van der Waals surface area contributed by atoms with E-state index in [1.807, 2.05) is 42.5 Å². The van der Waals surface area contributed by atoms with Gasteiger partial charge in [0.1, 0.15) is 5.69 Å². The van der Waals surface area contributed by atoms with Crippen LogP contribution in [0.15, 0.2) is 60.7 Å². The molecule has 3 heterocycles. The molecule has 5 rings (SSSR count). The lowest BCUT2D eigenvalue weighted by Crippen LogP contribution is -2.53. The number of likely N-dealkylation sites (tertiary alicyclic amines) is 1. The first-order valence-electron chi connectivity index (χ1n) is 11.1. The van der Waals surface area contributed by atoms with Crippen molar-refractivity contribution >= 4 is 28.4 Å². The Balaban J connectivity index is 1.19. The van der Waals surface area contributed by atoms with Crippen LogP contribution in [0.1, 0.15) is 16.1 Å². The number of aliphatic hydroxyl groups is 1. The number of aliphatic hydroxyl groups excluding tert-OH is 1. The van der Waals surface area contributed by atoms with Crippen molar-refractivity contribution in [2.24, 2.45) is 0 Å². The standard InChI is InChI=1S/C25H27ClN4O2/c26-20-8-5-18(6-9-20)15-28-11-13-29(14-12-28)23-16-30(17-24(23)31)25(32)22-10-7-19-3-1-2-4-21(19)27-22/h1-10,23-24,31H,11-17H2. The number of halogens is 1. The highest BCUT2D eigenvalue weighted by Crippen LogP contribution is 2.22. The molecule has 2 atom stereocenters. The van der Waals surface area contributed by atoms with Gasteiger partial charge in [0.05, 0.1) is 17.7 Å². The molecule has 1 amide bonds. The zero-order valence-corrected chi connectivity index (χ0v) is 18.7. The number of rotatable bonds is 4. The number of benzene rings is 2. The van der Waals surface area contributed by atoms with Gasteiger partial charge in [-0.15, -0.1) is 0 Å². The number of carbonyl (C=O) groups excluding carboxylic acids is 1. The molecule has 0 aliphatic carbocycles. The molecule has 2 aliphatic heterocycles. The third kappa shape index (κ3) is 4.50. The molecule has 1 aromatic heterocycles. The van der Waals surface area contributed by atoms with Gasteiger partial charge in [-0.1, -0.05) is 48.0 Å². The molecule has 0 spiro atoms. The first kappa shape index (κ1) is 21.3. The zero-order chi connectivity index (χ0) is 22.1. The van der Waals surface area contributed by atoms with Gasteiger partial charge in [-0.05, 0) is 29.8 Å². The molecule has 2 saturated heterocycles. The Kier molecular flexibility index (Phi) is 6.11. The molecule has 2 fully saturated rings. The lowest BCUT2D eigenvalue weighted by molar-refractivity contribution is 0.0423. The summed E-state index contributed by atoms with van der Waals surface area (Å²) in [6, 6.07) is 19.5. The summed E-state index contributed by atoms with van der Waals surface area (Å²) in [5.41, 5.74) is 2.50. The number of amides is 1.